The number of benzene rings is 1. The zero-order chi connectivity index (χ0) is 15.4. The van der Waals surface area contributed by atoms with E-state index in [1.807, 2.05) is 4.90 Å². The molecule has 1 aromatic carbocycles. The van der Waals surface area contributed by atoms with Crippen LogP contribution >= 0.6 is 11.6 Å². The Morgan fingerprint density at radius 2 is 2.19 bits per heavy atom. The van der Waals surface area contributed by atoms with E-state index in [0.29, 0.717) is 29.4 Å². The van der Waals surface area contributed by atoms with Gasteiger partial charge in [-0.2, -0.15) is 0 Å². The molecule has 0 aliphatic carbocycles. The zero-order valence-corrected chi connectivity index (χ0v) is 12.4. The Balaban J connectivity index is 1.84. The quantitative estimate of drug-likeness (QED) is 0.711. The van der Waals surface area contributed by atoms with Crippen molar-refractivity contribution < 1.29 is 9.59 Å². The van der Waals surface area contributed by atoms with Crippen LogP contribution in [0.4, 0.5) is 11.4 Å². The highest BCUT2D eigenvalue weighted by atomic mass is 35.5. The first kappa shape index (κ1) is 15.6. The van der Waals surface area contributed by atoms with Gasteiger partial charge in [0.15, 0.2) is 0 Å². The lowest BCUT2D eigenvalue weighted by Gasteiger charge is -2.21. The minimum atomic E-state index is -0.321. The molecule has 21 heavy (non-hydrogen) atoms. The van der Waals surface area contributed by atoms with Crippen molar-refractivity contribution in [1.29, 1.82) is 0 Å². The third-order valence-electron chi connectivity index (χ3n) is 3.60. The fourth-order valence-corrected chi connectivity index (χ4v) is 2.62. The highest BCUT2D eigenvalue weighted by molar-refractivity contribution is 6.33. The van der Waals surface area contributed by atoms with Crippen LogP contribution in [0.15, 0.2) is 18.2 Å². The van der Waals surface area contributed by atoms with E-state index >= 15 is 0 Å². The summed E-state index contributed by atoms with van der Waals surface area (Å²) in [6.45, 7) is 1.32. The molecule has 1 heterocycles. The molecule has 1 unspecified atom stereocenters. The van der Waals surface area contributed by atoms with Crippen LogP contribution in [0.25, 0.3) is 0 Å². The summed E-state index contributed by atoms with van der Waals surface area (Å²) in [4.78, 5) is 25.1. The molecule has 0 spiro atoms. The van der Waals surface area contributed by atoms with E-state index in [9.17, 15) is 9.59 Å². The average molecular weight is 311 g/mol. The predicted octanol–water partition coefficient (Wildman–Crippen LogP) is 1.20. The Morgan fingerprint density at radius 3 is 2.86 bits per heavy atom. The first-order chi connectivity index (χ1) is 9.97. The summed E-state index contributed by atoms with van der Waals surface area (Å²) in [6.07, 6.45) is 2.00. The van der Waals surface area contributed by atoms with Gasteiger partial charge in [-0.05, 0) is 37.6 Å². The minimum Gasteiger partial charge on any atom is -0.397 e. The second-order valence-corrected chi connectivity index (χ2v) is 5.54. The number of hydrogen-bond donors (Lipinski definition) is 3. The Hall–Kier alpha value is -1.79. The number of carbonyl (C=O) groups excluding carboxylic acids is 2. The fourth-order valence-electron chi connectivity index (χ4n) is 2.51. The van der Waals surface area contributed by atoms with E-state index in [-0.39, 0.29) is 17.9 Å². The van der Waals surface area contributed by atoms with Gasteiger partial charge in [0.05, 0.1) is 16.8 Å². The van der Waals surface area contributed by atoms with Crippen LogP contribution in [0.2, 0.25) is 5.02 Å². The summed E-state index contributed by atoms with van der Waals surface area (Å²) in [6, 6.07) is 4.70. The molecule has 114 valence electrons. The van der Waals surface area contributed by atoms with Gasteiger partial charge in [-0.25, -0.2) is 0 Å². The highest BCUT2D eigenvalue weighted by Gasteiger charge is 2.28. The van der Waals surface area contributed by atoms with Crippen LogP contribution < -0.4 is 16.8 Å². The molecule has 0 aromatic heterocycles. The van der Waals surface area contributed by atoms with Gasteiger partial charge in [0, 0.05) is 18.7 Å². The third-order valence-corrected chi connectivity index (χ3v) is 3.94. The van der Waals surface area contributed by atoms with E-state index in [0.717, 1.165) is 19.4 Å². The Labute approximate surface area is 128 Å². The van der Waals surface area contributed by atoms with Gasteiger partial charge in [0.25, 0.3) is 0 Å². The van der Waals surface area contributed by atoms with Gasteiger partial charge in [0.2, 0.25) is 11.8 Å². The number of nitrogen functional groups attached to an aromatic ring is 1. The van der Waals surface area contributed by atoms with E-state index in [1.54, 1.807) is 18.2 Å². The van der Waals surface area contributed by atoms with Crippen LogP contribution in [0, 0.1) is 0 Å². The molecular formula is C14H19ClN4O2. The van der Waals surface area contributed by atoms with Crippen molar-refractivity contribution in [2.24, 2.45) is 5.73 Å². The highest BCUT2D eigenvalue weighted by Crippen LogP contribution is 2.22. The van der Waals surface area contributed by atoms with Crippen molar-refractivity contribution in [3.8, 4) is 0 Å². The van der Waals surface area contributed by atoms with Crippen molar-refractivity contribution in [3.05, 3.63) is 23.2 Å². The molecule has 2 amide bonds. The Bertz CT molecular complexity index is 550. The monoisotopic (exact) mass is 310 g/mol. The Kier molecular flexibility index (Phi) is 5.03. The third kappa shape index (κ3) is 4.09. The van der Waals surface area contributed by atoms with Crippen molar-refractivity contribution in [1.82, 2.24) is 4.90 Å². The number of nitrogens with one attached hydrogen (secondary N) is 1. The molecule has 2 rings (SSSR count). The summed E-state index contributed by atoms with van der Waals surface area (Å²) in [7, 11) is 0. The van der Waals surface area contributed by atoms with E-state index < -0.39 is 0 Å². The van der Waals surface area contributed by atoms with Crippen molar-refractivity contribution in [2.75, 3.05) is 24.1 Å². The summed E-state index contributed by atoms with van der Waals surface area (Å²) < 4.78 is 0. The normalized spacial score (nSPS) is 18.6. The van der Waals surface area contributed by atoms with Gasteiger partial charge in [-0.15, -0.1) is 0 Å². The maximum absolute atomic E-state index is 11.9. The number of likely N-dealkylation sites (tertiary alicyclic amines) is 1. The molecule has 0 saturated carbocycles. The molecule has 1 aliphatic heterocycles. The second kappa shape index (κ2) is 6.78. The smallest absolute Gasteiger partial charge is 0.234 e. The number of amides is 2. The molecular weight excluding hydrogens is 292 g/mol. The summed E-state index contributed by atoms with van der Waals surface area (Å²) in [5.74, 6) is -0.453. The number of hydrogen-bond acceptors (Lipinski definition) is 4. The lowest BCUT2D eigenvalue weighted by Crippen LogP contribution is -2.41. The second-order valence-electron chi connectivity index (χ2n) is 5.13. The number of nitrogens with zero attached hydrogens (tertiary/aromatic N) is 1. The predicted molar refractivity (Wildman–Crippen MR) is 82.9 cm³/mol. The topological polar surface area (TPSA) is 101 Å². The molecule has 1 aromatic rings. The number of rotatable bonds is 5. The number of nitrogens with two attached hydrogens (primary N) is 2. The molecule has 5 N–H and O–H groups in total. The molecule has 0 bridgehead atoms. The number of carbonyl (C=O) groups is 2. The summed E-state index contributed by atoms with van der Waals surface area (Å²) in [5.41, 5.74) is 12.0. The SMILES string of the molecule is NC(=O)C1CCCN1CCC(=O)Nc1ccc(Cl)c(N)c1. The van der Waals surface area contributed by atoms with E-state index in [2.05, 4.69) is 5.32 Å². The minimum absolute atomic E-state index is 0.133. The van der Waals surface area contributed by atoms with Crippen LogP contribution in [-0.2, 0) is 9.59 Å². The molecule has 1 aliphatic rings. The zero-order valence-electron chi connectivity index (χ0n) is 11.6. The average Bonchev–Trinajstić information content (AvgIpc) is 2.89. The molecule has 1 fully saturated rings. The fraction of sp³-hybridized carbons (Fsp3) is 0.429. The van der Waals surface area contributed by atoms with Gasteiger partial charge < -0.3 is 16.8 Å². The number of primary amides is 1. The van der Waals surface area contributed by atoms with Crippen molar-refractivity contribution >= 4 is 34.8 Å². The summed E-state index contributed by atoms with van der Waals surface area (Å²) in [5, 5.41) is 3.21. The van der Waals surface area contributed by atoms with Crippen LogP contribution in [0.3, 0.4) is 0 Å². The lowest BCUT2D eigenvalue weighted by atomic mass is 10.2. The van der Waals surface area contributed by atoms with Gasteiger partial charge in [-0.1, -0.05) is 11.6 Å². The summed E-state index contributed by atoms with van der Waals surface area (Å²) >= 11 is 5.82. The maximum atomic E-state index is 11.9. The van der Waals surface area contributed by atoms with Crippen LogP contribution in [0.5, 0.6) is 0 Å². The maximum Gasteiger partial charge on any atom is 0.234 e. The number of anilines is 2. The van der Waals surface area contributed by atoms with Gasteiger partial charge in [0.1, 0.15) is 0 Å². The van der Waals surface area contributed by atoms with Crippen molar-refractivity contribution in [2.45, 2.75) is 25.3 Å². The van der Waals surface area contributed by atoms with E-state index in [4.69, 9.17) is 23.1 Å². The molecule has 0 radical (unpaired) electrons. The lowest BCUT2D eigenvalue weighted by molar-refractivity contribution is -0.123. The largest absolute Gasteiger partial charge is 0.397 e. The molecule has 1 saturated heterocycles. The Morgan fingerprint density at radius 1 is 1.43 bits per heavy atom. The standard InChI is InChI=1S/C14H19ClN4O2/c15-10-4-3-9(8-11(10)16)18-13(20)5-7-19-6-1-2-12(19)14(17)21/h3-4,8,12H,1-2,5-7,16H2,(H2,17,21)(H,18,20). The molecule has 1 atom stereocenters. The number of halogens is 1. The van der Waals surface area contributed by atoms with Crippen LogP contribution in [-0.4, -0.2) is 35.8 Å². The van der Waals surface area contributed by atoms with Gasteiger partial charge >= 0.3 is 0 Å². The first-order valence-corrected chi connectivity index (χ1v) is 7.23. The molecule has 6 nitrogen and oxygen atoms in total. The van der Waals surface area contributed by atoms with Crippen molar-refractivity contribution in [3.63, 3.8) is 0 Å². The van der Waals surface area contributed by atoms with Gasteiger partial charge in [-0.3, -0.25) is 14.5 Å². The van der Waals surface area contributed by atoms with E-state index in [1.165, 1.54) is 0 Å². The molecule has 7 heteroatoms. The first-order valence-electron chi connectivity index (χ1n) is 6.85. The van der Waals surface area contributed by atoms with Crippen LogP contribution in [0.1, 0.15) is 19.3 Å².